The van der Waals surface area contributed by atoms with Crippen molar-refractivity contribution >= 4 is 49.3 Å². The molecule has 4 nitrogen and oxygen atoms in total. The molecule has 0 N–H and O–H groups in total. The Morgan fingerprint density at radius 3 is 2.08 bits per heavy atom. The van der Waals surface area contributed by atoms with Gasteiger partial charge in [0.25, 0.3) is 5.91 Å². The summed E-state index contributed by atoms with van der Waals surface area (Å²) >= 11 is 0. The quantitative estimate of drug-likeness (QED) is 0.250. The molecule has 1 heterocycles. The smallest absolute Gasteiger partial charge is 0.407 e. The van der Waals surface area contributed by atoms with E-state index in [0.717, 1.165) is 48.0 Å². The molecule has 0 aliphatic carbocycles. The molecule has 0 bridgehead atoms. The first-order valence-electron chi connectivity index (χ1n) is 11.8. The van der Waals surface area contributed by atoms with Crippen LogP contribution in [0.2, 0.25) is 0 Å². The van der Waals surface area contributed by atoms with E-state index in [-0.39, 0.29) is 0 Å². The Kier molecular flexibility index (Phi) is 4.42. The fraction of sp³-hybridized carbons (Fsp3) is 0. The molecule has 0 radical (unpaired) electrons. The van der Waals surface area contributed by atoms with Crippen LogP contribution in [0.1, 0.15) is 10.4 Å². The molecule has 0 saturated heterocycles. The van der Waals surface area contributed by atoms with Crippen molar-refractivity contribution in [3.8, 4) is 11.1 Å². The van der Waals surface area contributed by atoms with Crippen LogP contribution in [0, 0.1) is 0 Å². The lowest BCUT2D eigenvalue weighted by atomic mass is 9.87. The predicted molar refractivity (Wildman–Crippen MR) is 145 cm³/mol. The summed E-state index contributed by atoms with van der Waals surface area (Å²) in [5.41, 5.74) is 3.04. The van der Waals surface area contributed by atoms with Crippen molar-refractivity contribution in [1.82, 2.24) is 4.57 Å². The SMILES string of the molecule is O=C(c1ccc2ccccc2c1-c1cc2ccccc2c2ccccc12)n1c(=O)oc2ccccc21. The molecule has 36 heavy (non-hydrogen) atoms. The van der Waals surface area contributed by atoms with E-state index in [1.165, 1.54) is 0 Å². The third kappa shape index (κ3) is 2.95. The second kappa shape index (κ2) is 7.79. The lowest BCUT2D eigenvalue weighted by Gasteiger charge is -2.17. The first-order valence-corrected chi connectivity index (χ1v) is 11.8. The van der Waals surface area contributed by atoms with Crippen molar-refractivity contribution in [3.63, 3.8) is 0 Å². The van der Waals surface area contributed by atoms with Crippen LogP contribution in [-0.2, 0) is 0 Å². The lowest BCUT2D eigenvalue weighted by Crippen LogP contribution is -2.23. The first kappa shape index (κ1) is 20.4. The first-order chi connectivity index (χ1) is 17.7. The summed E-state index contributed by atoms with van der Waals surface area (Å²) < 4.78 is 6.52. The minimum Gasteiger partial charge on any atom is -0.407 e. The fourth-order valence-corrected chi connectivity index (χ4v) is 5.28. The van der Waals surface area contributed by atoms with Gasteiger partial charge in [0.05, 0.1) is 5.52 Å². The zero-order chi connectivity index (χ0) is 24.2. The normalized spacial score (nSPS) is 11.6. The van der Waals surface area contributed by atoms with Crippen LogP contribution in [0.5, 0.6) is 0 Å². The number of aromatic nitrogens is 1. The van der Waals surface area contributed by atoms with Gasteiger partial charge in [0.1, 0.15) is 0 Å². The molecule has 1 aromatic heterocycles. The Balaban J connectivity index is 1.62. The number of oxazole rings is 1. The third-order valence-corrected chi connectivity index (χ3v) is 6.89. The minimum atomic E-state index is -0.691. The van der Waals surface area contributed by atoms with E-state index >= 15 is 0 Å². The van der Waals surface area contributed by atoms with Gasteiger partial charge in [-0.3, -0.25) is 4.79 Å². The lowest BCUT2D eigenvalue weighted by molar-refractivity contribution is 0.0957. The van der Waals surface area contributed by atoms with E-state index in [4.69, 9.17) is 4.42 Å². The Bertz CT molecular complexity index is 2040. The van der Waals surface area contributed by atoms with E-state index in [2.05, 4.69) is 30.3 Å². The molecular weight excluding hydrogens is 446 g/mol. The van der Waals surface area contributed by atoms with Crippen molar-refractivity contribution in [2.24, 2.45) is 0 Å². The summed E-state index contributed by atoms with van der Waals surface area (Å²) in [7, 11) is 0. The zero-order valence-corrected chi connectivity index (χ0v) is 19.1. The maximum Gasteiger partial charge on any atom is 0.427 e. The monoisotopic (exact) mass is 465 g/mol. The number of carbonyl (C=O) groups is 1. The van der Waals surface area contributed by atoms with Crippen LogP contribution in [0.25, 0.3) is 54.5 Å². The van der Waals surface area contributed by atoms with Gasteiger partial charge in [0.15, 0.2) is 5.58 Å². The summed E-state index contributed by atoms with van der Waals surface area (Å²) in [6, 6.07) is 37.4. The van der Waals surface area contributed by atoms with Crippen molar-refractivity contribution in [1.29, 1.82) is 0 Å². The maximum atomic E-state index is 14.1. The Morgan fingerprint density at radius 2 is 1.25 bits per heavy atom. The van der Waals surface area contributed by atoms with Crippen molar-refractivity contribution in [2.75, 3.05) is 0 Å². The molecule has 0 saturated carbocycles. The van der Waals surface area contributed by atoms with Gasteiger partial charge >= 0.3 is 5.76 Å². The molecule has 7 rings (SSSR count). The van der Waals surface area contributed by atoms with Gasteiger partial charge in [-0.05, 0) is 62.1 Å². The molecule has 0 aliphatic heterocycles. The number of rotatable bonds is 2. The predicted octanol–water partition coefficient (Wildman–Crippen LogP) is 7.41. The van der Waals surface area contributed by atoms with Crippen molar-refractivity contribution < 1.29 is 9.21 Å². The number of carbonyl (C=O) groups excluding carboxylic acids is 1. The summed E-state index contributed by atoms with van der Waals surface area (Å²) in [5, 5.41) is 6.37. The standard InChI is InChI=1S/C32H19NO3/c34-31(33-28-15-7-8-16-29(28)36-32(33)35)26-18-17-20-9-1-4-12-23(20)30(26)27-19-21-10-2-3-11-22(21)24-13-5-6-14-25(24)27/h1-19H. The highest BCUT2D eigenvalue weighted by Gasteiger charge is 2.23. The van der Waals surface area contributed by atoms with Gasteiger partial charge in [0.2, 0.25) is 0 Å². The van der Waals surface area contributed by atoms with Gasteiger partial charge in [-0.15, -0.1) is 0 Å². The number of benzene rings is 6. The molecule has 0 amide bonds. The summed E-state index contributed by atoms with van der Waals surface area (Å²) in [6.07, 6.45) is 0. The summed E-state index contributed by atoms with van der Waals surface area (Å²) in [5.74, 6) is -1.10. The van der Waals surface area contributed by atoms with Gasteiger partial charge in [-0.1, -0.05) is 91.0 Å². The van der Waals surface area contributed by atoms with Crippen LogP contribution >= 0.6 is 0 Å². The van der Waals surface area contributed by atoms with Crippen molar-refractivity contribution in [3.05, 3.63) is 131 Å². The average molecular weight is 466 g/mol. The molecule has 0 unspecified atom stereocenters. The molecule has 0 fully saturated rings. The highest BCUT2D eigenvalue weighted by atomic mass is 16.4. The van der Waals surface area contributed by atoms with Crippen LogP contribution in [0.15, 0.2) is 124 Å². The highest BCUT2D eigenvalue weighted by Crippen LogP contribution is 2.40. The summed E-state index contributed by atoms with van der Waals surface area (Å²) in [4.78, 5) is 26.9. The number of nitrogens with zero attached hydrogens (tertiary/aromatic N) is 1. The van der Waals surface area contributed by atoms with E-state index in [1.807, 2.05) is 60.7 Å². The van der Waals surface area contributed by atoms with E-state index in [0.29, 0.717) is 16.7 Å². The van der Waals surface area contributed by atoms with Gasteiger partial charge in [-0.25, -0.2) is 9.36 Å². The van der Waals surface area contributed by atoms with Crippen LogP contribution < -0.4 is 5.76 Å². The number of fused-ring (bicyclic) bond motifs is 5. The molecule has 4 heteroatoms. The molecule has 7 aromatic rings. The number of para-hydroxylation sites is 2. The van der Waals surface area contributed by atoms with Gasteiger partial charge in [-0.2, -0.15) is 0 Å². The van der Waals surface area contributed by atoms with Gasteiger partial charge in [0, 0.05) is 11.1 Å². The largest absolute Gasteiger partial charge is 0.427 e. The summed E-state index contributed by atoms with van der Waals surface area (Å²) in [6.45, 7) is 0. The Morgan fingerprint density at radius 1 is 0.611 bits per heavy atom. The third-order valence-electron chi connectivity index (χ3n) is 6.89. The second-order valence-corrected chi connectivity index (χ2v) is 8.88. The highest BCUT2D eigenvalue weighted by molar-refractivity contribution is 6.20. The second-order valence-electron chi connectivity index (χ2n) is 8.88. The zero-order valence-electron chi connectivity index (χ0n) is 19.1. The molecule has 0 atom stereocenters. The minimum absolute atomic E-state index is 0.384. The maximum absolute atomic E-state index is 14.1. The Hall–Kier alpha value is -4.96. The molecule has 0 aliphatic rings. The van der Waals surface area contributed by atoms with Crippen LogP contribution in [-0.4, -0.2) is 10.5 Å². The fourth-order valence-electron chi connectivity index (χ4n) is 5.28. The van der Waals surface area contributed by atoms with E-state index in [1.54, 1.807) is 24.3 Å². The Labute approximate surface area is 205 Å². The van der Waals surface area contributed by atoms with E-state index in [9.17, 15) is 9.59 Å². The van der Waals surface area contributed by atoms with E-state index < -0.39 is 11.7 Å². The molecular formula is C32H19NO3. The molecule has 170 valence electrons. The van der Waals surface area contributed by atoms with Crippen molar-refractivity contribution in [2.45, 2.75) is 0 Å². The van der Waals surface area contributed by atoms with Gasteiger partial charge < -0.3 is 4.42 Å². The average Bonchev–Trinajstić information content (AvgIpc) is 3.27. The number of hydrogen-bond acceptors (Lipinski definition) is 3. The number of hydrogen-bond donors (Lipinski definition) is 0. The molecule has 6 aromatic carbocycles. The van der Waals surface area contributed by atoms with Crippen LogP contribution in [0.4, 0.5) is 0 Å². The topological polar surface area (TPSA) is 52.2 Å². The van der Waals surface area contributed by atoms with Crippen LogP contribution in [0.3, 0.4) is 0 Å². The molecule has 0 spiro atoms.